The Morgan fingerprint density at radius 2 is 1.03 bits per heavy atom. The van der Waals surface area contributed by atoms with Gasteiger partial charge in [0.15, 0.2) is 0 Å². The Morgan fingerprint density at radius 1 is 0.559 bits per heavy atom. The van der Waals surface area contributed by atoms with Crippen molar-refractivity contribution in [2.24, 2.45) is 0 Å². The van der Waals surface area contributed by atoms with Gasteiger partial charge in [-0.1, -0.05) is 12.1 Å². The SMILES string of the molecule is COc1ccc(-c2ccc(N(c3ccc(OC)cc3)c3ccc(OC)cc3)c3nsnc23)cc1. The molecule has 0 saturated carbocycles. The Bertz CT molecular complexity index is 1350. The number of benzene rings is 4. The molecule has 5 aromatic rings. The molecular weight excluding hydrogens is 446 g/mol. The van der Waals surface area contributed by atoms with Crippen LogP contribution in [0, 0.1) is 0 Å². The average molecular weight is 470 g/mol. The molecule has 0 fully saturated rings. The molecule has 0 aliphatic rings. The van der Waals surface area contributed by atoms with Crippen LogP contribution in [-0.4, -0.2) is 30.1 Å². The van der Waals surface area contributed by atoms with Crippen LogP contribution in [0.2, 0.25) is 0 Å². The van der Waals surface area contributed by atoms with Crippen LogP contribution in [0.3, 0.4) is 0 Å². The van der Waals surface area contributed by atoms with Crippen molar-refractivity contribution in [2.75, 3.05) is 26.2 Å². The van der Waals surface area contributed by atoms with Crippen molar-refractivity contribution in [3.05, 3.63) is 84.9 Å². The summed E-state index contributed by atoms with van der Waals surface area (Å²) >= 11 is 1.21. The van der Waals surface area contributed by atoms with E-state index < -0.39 is 0 Å². The lowest BCUT2D eigenvalue weighted by Crippen LogP contribution is -2.10. The second-order valence-electron chi connectivity index (χ2n) is 7.55. The predicted octanol–water partition coefficient (Wildman–Crippen LogP) is 6.85. The minimum absolute atomic E-state index is 0.800. The summed E-state index contributed by atoms with van der Waals surface area (Å²) in [6, 6.07) is 28.1. The first-order valence-corrected chi connectivity index (χ1v) is 11.4. The molecule has 0 aliphatic heterocycles. The summed E-state index contributed by atoms with van der Waals surface area (Å²) < 4.78 is 25.4. The minimum Gasteiger partial charge on any atom is -0.497 e. The van der Waals surface area contributed by atoms with Crippen LogP contribution in [-0.2, 0) is 0 Å². The molecule has 0 radical (unpaired) electrons. The van der Waals surface area contributed by atoms with Crippen LogP contribution in [0.5, 0.6) is 17.2 Å². The zero-order valence-corrected chi connectivity index (χ0v) is 19.9. The number of hydrogen-bond acceptors (Lipinski definition) is 7. The van der Waals surface area contributed by atoms with Gasteiger partial charge in [-0.05, 0) is 78.4 Å². The highest BCUT2D eigenvalue weighted by Crippen LogP contribution is 2.41. The van der Waals surface area contributed by atoms with E-state index in [4.69, 9.17) is 18.6 Å². The highest BCUT2D eigenvalue weighted by atomic mass is 32.1. The van der Waals surface area contributed by atoms with Gasteiger partial charge in [-0.3, -0.25) is 0 Å². The third-order valence-corrected chi connectivity index (χ3v) is 6.23. The van der Waals surface area contributed by atoms with Gasteiger partial charge in [0.25, 0.3) is 0 Å². The van der Waals surface area contributed by atoms with E-state index in [-0.39, 0.29) is 0 Å². The molecule has 0 unspecified atom stereocenters. The second kappa shape index (κ2) is 9.41. The van der Waals surface area contributed by atoms with Crippen LogP contribution in [0.4, 0.5) is 17.1 Å². The average Bonchev–Trinajstić information content (AvgIpc) is 3.40. The number of ether oxygens (including phenoxy) is 3. The zero-order valence-electron chi connectivity index (χ0n) is 19.1. The zero-order chi connectivity index (χ0) is 23.5. The van der Waals surface area contributed by atoms with E-state index in [1.807, 2.05) is 72.8 Å². The number of rotatable bonds is 7. The summed E-state index contributed by atoms with van der Waals surface area (Å²) in [5, 5.41) is 0. The standard InChI is InChI=1S/C27H23N3O3S/c1-31-21-10-4-18(5-11-21)24-16-17-25(27-26(24)28-34-29-27)30(19-6-12-22(32-2)13-7-19)20-8-14-23(33-3)15-9-20/h4-17H,1-3H3. The number of methoxy groups -OCH3 is 3. The van der Waals surface area contributed by atoms with Crippen molar-refractivity contribution >= 4 is 39.8 Å². The summed E-state index contributed by atoms with van der Waals surface area (Å²) in [6.07, 6.45) is 0. The number of hydrogen-bond donors (Lipinski definition) is 0. The van der Waals surface area contributed by atoms with Crippen molar-refractivity contribution in [2.45, 2.75) is 0 Å². The molecule has 170 valence electrons. The van der Waals surface area contributed by atoms with Gasteiger partial charge in [0.05, 0.1) is 38.7 Å². The largest absolute Gasteiger partial charge is 0.497 e. The first-order chi connectivity index (χ1) is 16.7. The lowest BCUT2D eigenvalue weighted by Gasteiger charge is -2.26. The van der Waals surface area contributed by atoms with Gasteiger partial charge in [0.2, 0.25) is 0 Å². The van der Waals surface area contributed by atoms with Gasteiger partial charge in [0.1, 0.15) is 28.3 Å². The van der Waals surface area contributed by atoms with E-state index >= 15 is 0 Å². The molecule has 6 nitrogen and oxygen atoms in total. The molecule has 7 heteroatoms. The van der Waals surface area contributed by atoms with Gasteiger partial charge in [0, 0.05) is 16.9 Å². The first-order valence-electron chi connectivity index (χ1n) is 10.7. The number of nitrogens with zero attached hydrogens (tertiary/aromatic N) is 3. The van der Waals surface area contributed by atoms with Crippen molar-refractivity contribution in [3.63, 3.8) is 0 Å². The fraction of sp³-hybridized carbons (Fsp3) is 0.111. The van der Waals surface area contributed by atoms with E-state index in [9.17, 15) is 0 Å². The summed E-state index contributed by atoms with van der Waals surface area (Å²) in [6.45, 7) is 0. The summed E-state index contributed by atoms with van der Waals surface area (Å²) in [7, 11) is 5.00. The van der Waals surface area contributed by atoms with Crippen LogP contribution in [0.25, 0.3) is 22.2 Å². The third kappa shape index (κ3) is 4.02. The molecule has 1 aromatic heterocycles. The molecule has 0 bridgehead atoms. The van der Waals surface area contributed by atoms with E-state index in [0.717, 1.165) is 56.5 Å². The Morgan fingerprint density at radius 3 is 1.53 bits per heavy atom. The molecule has 0 N–H and O–H groups in total. The van der Waals surface area contributed by atoms with E-state index in [1.165, 1.54) is 11.7 Å². The summed E-state index contributed by atoms with van der Waals surface area (Å²) in [4.78, 5) is 2.17. The summed E-state index contributed by atoms with van der Waals surface area (Å²) in [5.74, 6) is 2.42. The Labute approximate surface area is 202 Å². The van der Waals surface area contributed by atoms with E-state index in [2.05, 4.69) is 21.4 Å². The van der Waals surface area contributed by atoms with Crippen molar-refractivity contribution in [3.8, 4) is 28.4 Å². The van der Waals surface area contributed by atoms with Crippen LogP contribution in [0.15, 0.2) is 84.9 Å². The van der Waals surface area contributed by atoms with E-state index in [0.29, 0.717) is 0 Å². The lowest BCUT2D eigenvalue weighted by atomic mass is 10.0. The normalized spacial score (nSPS) is 10.8. The molecule has 0 aliphatic carbocycles. The number of aromatic nitrogens is 2. The molecule has 34 heavy (non-hydrogen) atoms. The molecule has 0 saturated heterocycles. The highest BCUT2D eigenvalue weighted by molar-refractivity contribution is 7.00. The predicted molar refractivity (Wildman–Crippen MR) is 137 cm³/mol. The highest BCUT2D eigenvalue weighted by Gasteiger charge is 2.20. The van der Waals surface area contributed by atoms with Crippen LogP contribution in [0.1, 0.15) is 0 Å². The third-order valence-electron chi connectivity index (χ3n) is 5.70. The fourth-order valence-electron chi connectivity index (χ4n) is 3.93. The number of fused-ring (bicyclic) bond motifs is 1. The van der Waals surface area contributed by atoms with Crippen LogP contribution < -0.4 is 19.1 Å². The minimum atomic E-state index is 0.800. The number of anilines is 3. The van der Waals surface area contributed by atoms with Gasteiger partial charge < -0.3 is 19.1 Å². The smallest absolute Gasteiger partial charge is 0.129 e. The molecule has 0 amide bonds. The summed E-state index contributed by atoms with van der Waals surface area (Å²) in [5.41, 5.74) is 6.70. The Balaban J connectivity index is 1.66. The topological polar surface area (TPSA) is 56.7 Å². The van der Waals surface area contributed by atoms with Gasteiger partial charge >= 0.3 is 0 Å². The maximum absolute atomic E-state index is 5.37. The lowest BCUT2D eigenvalue weighted by molar-refractivity contribution is 0.414. The van der Waals surface area contributed by atoms with Gasteiger partial charge in [-0.15, -0.1) is 0 Å². The maximum Gasteiger partial charge on any atom is 0.129 e. The van der Waals surface area contributed by atoms with Crippen LogP contribution >= 0.6 is 11.7 Å². The Hall–Kier alpha value is -4.10. The maximum atomic E-state index is 5.37. The molecule has 1 heterocycles. The van der Waals surface area contributed by atoms with E-state index in [1.54, 1.807) is 21.3 Å². The first kappa shape index (κ1) is 21.7. The quantitative estimate of drug-likeness (QED) is 0.260. The molecule has 0 spiro atoms. The van der Waals surface area contributed by atoms with Gasteiger partial charge in [-0.2, -0.15) is 8.75 Å². The molecule has 4 aromatic carbocycles. The second-order valence-corrected chi connectivity index (χ2v) is 8.08. The Kier molecular flexibility index (Phi) is 6.01. The van der Waals surface area contributed by atoms with Crippen molar-refractivity contribution < 1.29 is 14.2 Å². The molecule has 0 atom stereocenters. The monoisotopic (exact) mass is 469 g/mol. The molecule has 5 rings (SSSR count). The van der Waals surface area contributed by atoms with Crippen molar-refractivity contribution in [1.29, 1.82) is 0 Å². The molecular formula is C27H23N3O3S. The fourth-order valence-corrected chi connectivity index (χ4v) is 4.50. The van der Waals surface area contributed by atoms with Crippen molar-refractivity contribution in [1.82, 2.24) is 8.75 Å². The van der Waals surface area contributed by atoms with Gasteiger partial charge in [-0.25, -0.2) is 0 Å².